The fourth-order valence-corrected chi connectivity index (χ4v) is 2.21. The van der Waals surface area contributed by atoms with E-state index < -0.39 is 18.4 Å². The quantitative estimate of drug-likeness (QED) is 0.790. The normalized spacial score (nSPS) is 11.8. The van der Waals surface area contributed by atoms with Crippen LogP contribution in [0.4, 0.5) is 8.78 Å². The Bertz CT molecular complexity index is 606. The number of halogens is 3. The fourth-order valence-electron chi connectivity index (χ4n) is 2.04. The molecule has 108 valence electrons. The maximum absolute atomic E-state index is 13.2. The molecule has 0 aliphatic carbocycles. The van der Waals surface area contributed by atoms with Gasteiger partial charge in [0.15, 0.2) is 0 Å². The van der Waals surface area contributed by atoms with E-state index in [2.05, 4.69) is 0 Å². The van der Waals surface area contributed by atoms with Crippen LogP contribution >= 0.6 is 11.6 Å². The van der Waals surface area contributed by atoms with Crippen LogP contribution in [0.25, 0.3) is 11.0 Å². The van der Waals surface area contributed by atoms with Gasteiger partial charge >= 0.3 is 0 Å². The molecule has 0 fully saturated rings. The summed E-state index contributed by atoms with van der Waals surface area (Å²) in [7, 11) is 0. The van der Waals surface area contributed by atoms with Crippen LogP contribution in [-0.4, -0.2) is 29.2 Å². The van der Waals surface area contributed by atoms with Crippen molar-refractivity contribution < 1.29 is 18.0 Å². The third-order valence-corrected chi connectivity index (χ3v) is 3.09. The molecule has 1 amide bonds. The molecule has 0 aliphatic heterocycles. The second-order valence-electron chi connectivity index (χ2n) is 4.71. The highest BCUT2D eigenvalue weighted by Crippen LogP contribution is 2.23. The SMILES string of the molecule is CC(F)(F)CN(Cc1cccc2ccoc12)C(=O)CCl. The highest BCUT2D eigenvalue weighted by atomic mass is 35.5. The standard InChI is InChI=1S/C14H14ClF2NO2/c1-14(16,17)9-18(12(19)7-15)8-11-4-2-3-10-5-6-20-13(10)11/h2-6H,7-9H2,1H3. The van der Waals surface area contributed by atoms with Gasteiger partial charge in [0.1, 0.15) is 11.5 Å². The second-order valence-corrected chi connectivity index (χ2v) is 4.98. The topological polar surface area (TPSA) is 33.5 Å². The number of nitrogens with zero attached hydrogens (tertiary/aromatic N) is 1. The van der Waals surface area contributed by atoms with Gasteiger partial charge in [0, 0.05) is 24.4 Å². The van der Waals surface area contributed by atoms with Crippen molar-refractivity contribution in [3.05, 3.63) is 36.1 Å². The lowest BCUT2D eigenvalue weighted by atomic mass is 10.1. The van der Waals surface area contributed by atoms with Crippen molar-refractivity contribution in [3.8, 4) is 0 Å². The first-order valence-electron chi connectivity index (χ1n) is 6.07. The molecule has 20 heavy (non-hydrogen) atoms. The highest BCUT2D eigenvalue weighted by Gasteiger charge is 2.28. The number of para-hydroxylation sites is 1. The predicted octanol–water partition coefficient (Wildman–Crippen LogP) is 3.66. The lowest BCUT2D eigenvalue weighted by molar-refractivity contribution is -0.134. The van der Waals surface area contributed by atoms with Gasteiger partial charge in [0.2, 0.25) is 5.91 Å². The molecule has 0 spiro atoms. The van der Waals surface area contributed by atoms with E-state index in [9.17, 15) is 13.6 Å². The molecule has 0 saturated carbocycles. The molecule has 0 N–H and O–H groups in total. The number of alkyl halides is 3. The molecule has 2 aromatic rings. The summed E-state index contributed by atoms with van der Waals surface area (Å²) in [4.78, 5) is 12.7. The molecule has 1 aromatic heterocycles. The van der Waals surface area contributed by atoms with Gasteiger partial charge in [-0.05, 0) is 6.07 Å². The van der Waals surface area contributed by atoms with Crippen LogP contribution in [-0.2, 0) is 11.3 Å². The Morgan fingerprint density at radius 3 is 2.80 bits per heavy atom. The minimum absolute atomic E-state index is 0.0415. The van der Waals surface area contributed by atoms with E-state index >= 15 is 0 Å². The number of amides is 1. The van der Waals surface area contributed by atoms with Gasteiger partial charge in [-0.1, -0.05) is 18.2 Å². The third-order valence-electron chi connectivity index (χ3n) is 2.86. The number of rotatable bonds is 5. The maximum Gasteiger partial charge on any atom is 0.262 e. The summed E-state index contributed by atoms with van der Waals surface area (Å²) >= 11 is 5.48. The molecule has 6 heteroatoms. The van der Waals surface area contributed by atoms with Crippen molar-refractivity contribution in [2.75, 3.05) is 12.4 Å². The number of benzene rings is 1. The zero-order valence-corrected chi connectivity index (χ0v) is 11.7. The van der Waals surface area contributed by atoms with Gasteiger partial charge in [-0.25, -0.2) is 8.78 Å². The zero-order valence-electron chi connectivity index (χ0n) is 10.9. The predicted molar refractivity (Wildman–Crippen MR) is 73.0 cm³/mol. The van der Waals surface area contributed by atoms with E-state index in [1.807, 2.05) is 6.07 Å². The van der Waals surface area contributed by atoms with Crippen molar-refractivity contribution >= 4 is 28.5 Å². The number of fused-ring (bicyclic) bond motifs is 1. The molecule has 0 aliphatic rings. The average molecular weight is 302 g/mol. The Hall–Kier alpha value is -1.62. The fraction of sp³-hybridized carbons (Fsp3) is 0.357. The molecule has 1 heterocycles. The Kier molecular flexibility index (Phi) is 4.28. The first-order valence-corrected chi connectivity index (χ1v) is 6.61. The summed E-state index contributed by atoms with van der Waals surface area (Å²) in [5.74, 6) is -3.83. The van der Waals surface area contributed by atoms with Crippen LogP contribution in [0.15, 0.2) is 34.9 Å². The molecule has 2 rings (SSSR count). The molecule has 3 nitrogen and oxygen atoms in total. The van der Waals surface area contributed by atoms with Crippen LogP contribution in [0, 0.1) is 0 Å². The van der Waals surface area contributed by atoms with Crippen LogP contribution in [0.2, 0.25) is 0 Å². The lowest BCUT2D eigenvalue weighted by Gasteiger charge is -2.25. The monoisotopic (exact) mass is 301 g/mol. The smallest absolute Gasteiger partial charge is 0.262 e. The van der Waals surface area contributed by atoms with E-state index in [1.165, 1.54) is 6.26 Å². The van der Waals surface area contributed by atoms with Crippen molar-refractivity contribution in [2.24, 2.45) is 0 Å². The molecule has 1 aromatic carbocycles. The Labute approximate surface area is 120 Å². The number of furan rings is 1. The minimum atomic E-state index is -2.97. The Morgan fingerprint density at radius 1 is 1.40 bits per heavy atom. The number of hydrogen-bond acceptors (Lipinski definition) is 2. The second kappa shape index (κ2) is 5.79. The molecule has 0 atom stereocenters. The molecular weight excluding hydrogens is 288 g/mol. The highest BCUT2D eigenvalue weighted by molar-refractivity contribution is 6.27. The maximum atomic E-state index is 13.2. The van der Waals surface area contributed by atoms with Crippen LogP contribution < -0.4 is 0 Å². The van der Waals surface area contributed by atoms with Crippen molar-refractivity contribution in [3.63, 3.8) is 0 Å². The third kappa shape index (κ3) is 3.48. The van der Waals surface area contributed by atoms with Crippen LogP contribution in [0.3, 0.4) is 0 Å². The number of carbonyl (C=O) groups excluding carboxylic acids is 1. The molecule has 0 bridgehead atoms. The van der Waals surface area contributed by atoms with Gasteiger partial charge in [-0.15, -0.1) is 11.6 Å². The lowest BCUT2D eigenvalue weighted by Crippen LogP contribution is -2.39. The van der Waals surface area contributed by atoms with Crippen LogP contribution in [0.1, 0.15) is 12.5 Å². The largest absolute Gasteiger partial charge is 0.464 e. The van der Waals surface area contributed by atoms with Gasteiger partial charge < -0.3 is 9.32 Å². The van der Waals surface area contributed by atoms with E-state index in [0.717, 1.165) is 17.2 Å². The molecule has 0 saturated heterocycles. The van der Waals surface area contributed by atoms with Gasteiger partial charge in [0.25, 0.3) is 5.92 Å². The molecular formula is C14H14ClF2NO2. The van der Waals surface area contributed by atoms with E-state index in [1.54, 1.807) is 18.2 Å². The summed E-state index contributed by atoms with van der Waals surface area (Å²) in [5.41, 5.74) is 1.27. The van der Waals surface area contributed by atoms with Gasteiger partial charge in [-0.2, -0.15) is 0 Å². The Balaban J connectivity index is 2.27. The zero-order chi connectivity index (χ0) is 14.8. The number of carbonyl (C=O) groups is 1. The van der Waals surface area contributed by atoms with Crippen molar-refractivity contribution in [2.45, 2.75) is 19.4 Å². The number of hydrogen-bond donors (Lipinski definition) is 0. The van der Waals surface area contributed by atoms with Gasteiger partial charge in [-0.3, -0.25) is 4.79 Å². The summed E-state index contributed by atoms with van der Waals surface area (Å²) in [5, 5.41) is 0.865. The summed E-state index contributed by atoms with van der Waals surface area (Å²) in [6, 6.07) is 7.17. The minimum Gasteiger partial charge on any atom is -0.464 e. The van der Waals surface area contributed by atoms with Gasteiger partial charge in [0.05, 0.1) is 12.8 Å². The average Bonchev–Trinajstić information content (AvgIpc) is 2.84. The van der Waals surface area contributed by atoms with E-state index in [0.29, 0.717) is 11.1 Å². The van der Waals surface area contributed by atoms with Crippen molar-refractivity contribution in [1.82, 2.24) is 4.90 Å². The van der Waals surface area contributed by atoms with E-state index in [-0.39, 0.29) is 12.4 Å². The Morgan fingerprint density at radius 2 is 2.15 bits per heavy atom. The summed E-state index contributed by atoms with van der Waals surface area (Å²) < 4.78 is 31.7. The van der Waals surface area contributed by atoms with Crippen LogP contribution in [0.5, 0.6) is 0 Å². The first-order chi connectivity index (χ1) is 9.40. The first kappa shape index (κ1) is 14.8. The van der Waals surface area contributed by atoms with Crippen molar-refractivity contribution in [1.29, 1.82) is 0 Å². The summed E-state index contributed by atoms with van der Waals surface area (Å²) in [6.45, 7) is 0.143. The van der Waals surface area contributed by atoms with E-state index in [4.69, 9.17) is 16.0 Å². The summed E-state index contributed by atoms with van der Waals surface area (Å²) in [6.07, 6.45) is 1.52. The molecule has 0 unspecified atom stereocenters. The molecule has 0 radical (unpaired) electrons.